The highest BCUT2D eigenvalue weighted by Gasteiger charge is 2.66. The van der Waals surface area contributed by atoms with Crippen LogP contribution in [0.15, 0.2) is 15.7 Å². The Labute approximate surface area is 110 Å². The summed E-state index contributed by atoms with van der Waals surface area (Å²) < 4.78 is 0. The third-order valence-corrected chi connectivity index (χ3v) is 5.65. The first-order valence-electron chi connectivity index (χ1n) is 6.65. The standard InChI is InChI=1S/C14H18N2O3/c1-13(2)7-4-5-14(13,3)11(18)10(7)8-6-9(17)16-12(19)15-8/h6-7,10H,4-5H2,1-3H3,(H2,15,16,17,19)/t7-,10-,14+/m1/s1. The van der Waals surface area contributed by atoms with E-state index >= 15 is 0 Å². The number of fused-ring (bicyclic) bond motifs is 2. The molecule has 3 atom stereocenters. The van der Waals surface area contributed by atoms with Crippen molar-refractivity contribution in [1.82, 2.24) is 9.97 Å². The van der Waals surface area contributed by atoms with Crippen LogP contribution in [0.25, 0.3) is 0 Å². The molecular weight excluding hydrogens is 244 g/mol. The molecule has 0 amide bonds. The lowest BCUT2D eigenvalue weighted by atomic mass is 9.70. The molecule has 0 spiro atoms. The summed E-state index contributed by atoms with van der Waals surface area (Å²) in [6.45, 7) is 6.25. The minimum Gasteiger partial charge on any atom is -0.310 e. The minimum atomic E-state index is -0.541. The van der Waals surface area contributed by atoms with Gasteiger partial charge in [-0.05, 0) is 24.2 Å². The van der Waals surface area contributed by atoms with Crippen LogP contribution in [0, 0.1) is 16.7 Å². The van der Waals surface area contributed by atoms with Gasteiger partial charge in [-0.25, -0.2) is 4.79 Å². The number of carbonyl (C=O) groups is 1. The summed E-state index contributed by atoms with van der Waals surface area (Å²) >= 11 is 0. The van der Waals surface area contributed by atoms with Crippen LogP contribution in [0.4, 0.5) is 0 Å². The predicted molar refractivity (Wildman–Crippen MR) is 70.0 cm³/mol. The molecule has 0 aromatic carbocycles. The van der Waals surface area contributed by atoms with Crippen LogP contribution in [-0.4, -0.2) is 15.8 Å². The van der Waals surface area contributed by atoms with E-state index in [1.165, 1.54) is 6.07 Å². The first kappa shape index (κ1) is 12.4. The smallest absolute Gasteiger partial charge is 0.310 e. The van der Waals surface area contributed by atoms with E-state index in [0.29, 0.717) is 5.69 Å². The van der Waals surface area contributed by atoms with Crippen molar-refractivity contribution in [3.63, 3.8) is 0 Å². The van der Waals surface area contributed by atoms with Crippen molar-refractivity contribution in [2.45, 2.75) is 39.5 Å². The van der Waals surface area contributed by atoms with E-state index in [-0.39, 0.29) is 28.4 Å². The number of Topliss-reactive ketones (excluding diaryl/α,β-unsaturated/α-hetero) is 1. The van der Waals surface area contributed by atoms with E-state index in [1.54, 1.807) is 0 Å². The average molecular weight is 262 g/mol. The Kier molecular flexibility index (Phi) is 2.26. The molecule has 0 aliphatic heterocycles. The molecule has 102 valence electrons. The maximum absolute atomic E-state index is 12.7. The van der Waals surface area contributed by atoms with Gasteiger partial charge >= 0.3 is 5.69 Å². The molecule has 2 N–H and O–H groups in total. The summed E-state index contributed by atoms with van der Waals surface area (Å²) in [5.41, 5.74) is -0.950. The maximum Gasteiger partial charge on any atom is 0.325 e. The van der Waals surface area contributed by atoms with Gasteiger partial charge in [0.1, 0.15) is 5.78 Å². The second-order valence-corrected chi connectivity index (χ2v) is 6.58. The Morgan fingerprint density at radius 3 is 2.37 bits per heavy atom. The zero-order valence-electron chi connectivity index (χ0n) is 11.4. The van der Waals surface area contributed by atoms with Crippen LogP contribution in [0.3, 0.4) is 0 Å². The van der Waals surface area contributed by atoms with Crippen molar-refractivity contribution in [1.29, 1.82) is 0 Å². The van der Waals surface area contributed by atoms with Gasteiger partial charge in [0.2, 0.25) is 0 Å². The highest BCUT2D eigenvalue weighted by atomic mass is 16.2. The van der Waals surface area contributed by atoms with Crippen molar-refractivity contribution in [3.8, 4) is 0 Å². The summed E-state index contributed by atoms with van der Waals surface area (Å²) in [5, 5.41) is 0. The van der Waals surface area contributed by atoms with Gasteiger partial charge in [-0.1, -0.05) is 20.8 Å². The second kappa shape index (κ2) is 3.46. The highest BCUT2D eigenvalue weighted by molar-refractivity contribution is 5.95. The first-order valence-corrected chi connectivity index (χ1v) is 6.65. The lowest BCUT2D eigenvalue weighted by Gasteiger charge is -2.32. The molecule has 2 fully saturated rings. The number of nitrogens with one attached hydrogen (secondary N) is 2. The quantitative estimate of drug-likeness (QED) is 0.797. The largest absolute Gasteiger partial charge is 0.325 e. The van der Waals surface area contributed by atoms with E-state index in [0.717, 1.165) is 12.8 Å². The molecule has 5 heteroatoms. The normalized spacial score (nSPS) is 35.8. The number of hydrogen-bond donors (Lipinski definition) is 2. The van der Waals surface area contributed by atoms with Gasteiger partial charge < -0.3 is 4.98 Å². The number of ketones is 1. The summed E-state index contributed by atoms with van der Waals surface area (Å²) in [6.07, 6.45) is 1.86. The van der Waals surface area contributed by atoms with Crippen molar-refractivity contribution in [2.24, 2.45) is 16.7 Å². The molecule has 3 rings (SSSR count). The SMILES string of the molecule is CC1(C)[C@@H]2CC[C@@]1(C)C(=O)[C@H]2c1cc(=O)[nH]c(=O)[nH]1. The summed E-state index contributed by atoms with van der Waals surface area (Å²) in [6, 6.07) is 1.35. The Balaban J connectivity index is 2.16. The average Bonchev–Trinajstić information content (AvgIpc) is 2.59. The summed E-state index contributed by atoms with van der Waals surface area (Å²) in [4.78, 5) is 40.3. The lowest BCUT2D eigenvalue weighted by Crippen LogP contribution is -2.34. The Morgan fingerprint density at radius 2 is 1.84 bits per heavy atom. The van der Waals surface area contributed by atoms with E-state index < -0.39 is 11.2 Å². The van der Waals surface area contributed by atoms with Crippen molar-refractivity contribution in [2.75, 3.05) is 0 Å². The van der Waals surface area contributed by atoms with Crippen LogP contribution in [0.2, 0.25) is 0 Å². The summed E-state index contributed by atoms with van der Waals surface area (Å²) in [7, 11) is 0. The first-order chi connectivity index (χ1) is 8.77. The fourth-order valence-electron chi connectivity index (χ4n) is 4.10. The van der Waals surface area contributed by atoms with Crippen LogP contribution < -0.4 is 11.2 Å². The molecule has 2 bridgehead atoms. The third-order valence-electron chi connectivity index (χ3n) is 5.65. The molecular formula is C14H18N2O3. The maximum atomic E-state index is 12.7. The number of H-pyrrole nitrogens is 2. The molecule has 0 radical (unpaired) electrons. The van der Waals surface area contributed by atoms with E-state index in [1.807, 2.05) is 6.92 Å². The van der Waals surface area contributed by atoms with Gasteiger partial charge in [-0.15, -0.1) is 0 Å². The van der Waals surface area contributed by atoms with Gasteiger partial charge in [0, 0.05) is 17.2 Å². The Bertz CT molecular complexity index is 642. The zero-order chi connectivity index (χ0) is 14.0. The monoisotopic (exact) mass is 262 g/mol. The highest BCUT2D eigenvalue weighted by Crippen LogP contribution is 2.67. The zero-order valence-corrected chi connectivity index (χ0v) is 11.4. The van der Waals surface area contributed by atoms with E-state index in [2.05, 4.69) is 23.8 Å². The minimum absolute atomic E-state index is 0.0890. The van der Waals surface area contributed by atoms with Gasteiger partial charge in [0.05, 0.1) is 5.92 Å². The molecule has 1 heterocycles. The van der Waals surface area contributed by atoms with Gasteiger partial charge in [0.25, 0.3) is 5.56 Å². The van der Waals surface area contributed by atoms with Crippen LogP contribution in [-0.2, 0) is 4.79 Å². The topological polar surface area (TPSA) is 82.8 Å². The van der Waals surface area contributed by atoms with Crippen LogP contribution in [0.1, 0.15) is 45.2 Å². The molecule has 5 nitrogen and oxygen atoms in total. The Morgan fingerprint density at radius 1 is 1.16 bits per heavy atom. The number of rotatable bonds is 1. The number of hydrogen-bond acceptors (Lipinski definition) is 3. The van der Waals surface area contributed by atoms with Gasteiger partial charge in [0.15, 0.2) is 0 Å². The molecule has 2 aliphatic carbocycles. The van der Waals surface area contributed by atoms with Crippen LogP contribution >= 0.6 is 0 Å². The molecule has 19 heavy (non-hydrogen) atoms. The molecule has 2 saturated carbocycles. The van der Waals surface area contributed by atoms with E-state index in [9.17, 15) is 14.4 Å². The predicted octanol–water partition coefficient (Wildman–Crippen LogP) is 1.17. The van der Waals surface area contributed by atoms with Gasteiger partial charge in [-0.2, -0.15) is 0 Å². The fourth-order valence-corrected chi connectivity index (χ4v) is 4.10. The lowest BCUT2D eigenvalue weighted by molar-refractivity contribution is -0.129. The van der Waals surface area contributed by atoms with Crippen LogP contribution in [0.5, 0.6) is 0 Å². The van der Waals surface area contributed by atoms with E-state index in [4.69, 9.17) is 0 Å². The summed E-state index contributed by atoms with van der Waals surface area (Å²) in [5.74, 6) is 0.0150. The number of aromatic nitrogens is 2. The van der Waals surface area contributed by atoms with Gasteiger partial charge in [-0.3, -0.25) is 14.6 Å². The molecule has 0 unspecified atom stereocenters. The van der Waals surface area contributed by atoms with Crippen molar-refractivity contribution >= 4 is 5.78 Å². The Hall–Kier alpha value is -1.65. The molecule has 2 aliphatic rings. The molecule has 1 aromatic heterocycles. The fraction of sp³-hybridized carbons (Fsp3) is 0.643. The molecule has 0 saturated heterocycles. The molecule has 1 aromatic rings. The second-order valence-electron chi connectivity index (χ2n) is 6.58. The third kappa shape index (κ3) is 1.38. The van der Waals surface area contributed by atoms with Crippen molar-refractivity contribution < 1.29 is 4.79 Å². The number of carbonyl (C=O) groups excluding carboxylic acids is 1. The van der Waals surface area contributed by atoms with Crippen molar-refractivity contribution in [3.05, 3.63) is 32.6 Å². The number of aromatic amines is 2.